The third kappa shape index (κ3) is 5.05. The van der Waals surface area contributed by atoms with Gasteiger partial charge in [-0.1, -0.05) is 49.7 Å². The first-order valence-corrected chi connectivity index (χ1v) is 8.73. The van der Waals surface area contributed by atoms with Crippen LogP contribution in [0.5, 0.6) is 11.5 Å². The van der Waals surface area contributed by atoms with Crippen LogP contribution in [0.25, 0.3) is 0 Å². The summed E-state index contributed by atoms with van der Waals surface area (Å²) >= 11 is 6.27. The third-order valence-corrected chi connectivity index (χ3v) is 4.52. The highest BCUT2D eigenvalue weighted by atomic mass is 35.5. The van der Waals surface area contributed by atoms with E-state index < -0.39 is 0 Å². The quantitative estimate of drug-likeness (QED) is 0.763. The summed E-state index contributed by atoms with van der Waals surface area (Å²) < 4.78 is 10.5. The highest BCUT2D eigenvalue weighted by molar-refractivity contribution is 6.31. The second-order valence-corrected chi connectivity index (χ2v) is 7.00. The fourth-order valence-corrected chi connectivity index (χ4v) is 3.03. The predicted molar refractivity (Wildman–Crippen MR) is 104 cm³/mol. The Balaban J connectivity index is 1.90. The largest absolute Gasteiger partial charge is 0.493 e. The van der Waals surface area contributed by atoms with Crippen molar-refractivity contribution in [2.24, 2.45) is 0 Å². The van der Waals surface area contributed by atoms with Crippen molar-refractivity contribution < 1.29 is 14.3 Å². The van der Waals surface area contributed by atoms with E-state index in [1.54, 1.807) is 14.2 Å². The smallest absolute Gasteiger partial charge is 0.315 e. The maximum absolute atomic E-state index is 12.1. The van der Waals surface area contributed by atoms with E-state index in [0.29, 0.717) is 29.6 Å². The van der Waals surface area contributed by atoms with Crippen LogP contribution in [0.3, 0.4) is 0 Å². The number of carbonyl (C=O) groups is 1. The minimum atomic E-state index is -0.279. The molecule has 0 unspecified atom stereocenters. The van der Waals surface area contributed by atoms with Gasteiger partial charge in [-0.25, -0.2) is 4.79 Å². The molecule has 0 atom stereocenters. The molecule has 0 bridgehead atoms. The summed E-state index contributed by atoms with van der Waals surface area (Å²) in [4.78, 5) is 12.1. The molecule has 2 aromatic carbocycles. The van der Waals surface area contributed by atoms with E-state index in [0.717, 1.165) is 11.1 Å². The van der Waals surface area contributed by atoms with Crippen LogP contribution >= 0.6 is 11.6 Å². The standard InChI is InChI=1S/C20H25ClN2O3/c1-20(2,15-7-5-6-8-16(15)21)13-23-19(24)22-12-14-9-10-17(25-3)18(11-14)26-4/h5-11H,12-13H2,1-4H3,(H2,22,23,24). The number of urea groups is 1. The number of rotatable bonds is 7. The van der Waals surface area contributed by atoms with Crippen LogP contribution in [0.1, 0.15) is 25.0 Å². The van der Waals surface area contributed by atoms with Crippen molar-refractivity contribution in [3.8, 4) is 11.5 Å². The Morgan fingerprint density at radius 2 is 1.73 bits per heavy atom. The Kier molecular flexibility index (Phi) is 6.75. The molecule has 0 radical (unpaired) electrons. The molecule has 26 heavy (non-hydrogen) atoms. The average molecular weight is 377 g/mol. The number of hydrogen-bond donors (Lipinski definition) is 2. The van der Waals surface area contributed by atoms with Crippen molar-refractivity contribution in [2.75, 3.05) is 20.8 Å². The topological polar surface area (TPSA) is 59.6 Å². The molecule has 0 aliphatic carbocycles. The minimum absolute atomic E-state index is 0.236. The maximum atomic E-state index is 12.1. The van der Waals surface area contributed by atoms with Crippen molar-refractivity contribution in [1.29, 1.82) is 0 Å². The van der Waals surface area contributed by atoms with E-state index in [4.69, 9.17) is 21.1 Å². The first kappa shape index (κ1) is 19.9. The van der Waals surface area contributed by atoms with Gasteiger partial charge in [-0.15, -0.1) is 0 Å². The zero-order valence-corrected chi connectivity index (χ0v) is 16.3. The Morgan fingerprint density at radius 3 is 2.38 bits per heavy atom. The zero-order chi connectivity index (χ0) is 19.2. The molecule has 0 aromatic heterocycles. The lowest BCUT2D eigenvalue weighted by atomic mass is 9.84. The van der Waals surface area contributed by atoms with Crippen molar-refractivity contribution in [1.82, 2.24) is 10.6 Å². The summed E-state index contributed by atoms with van der Waals surface area (Å²) in [6.45, 7) is 4.94. The maximum Gasteiger partial charge on any atom is 0.315 e. The lowest BCUT2D eigenvalue weighted by Gasteiger charge is -2.26. The van der Waals surface area contributed by atoms with Crippen LogP contribution < -0.4 is 20.1 Å². The number of halogens is 1. The fraction of sp³-hybridized carbons (Fsp3) is 0.350. The van der Waals surface area contributed by atoms with Gasteiger partial charge in [0.05, 0.1) is 14.2 Å². The molecule has 140 valence electrons. The summed E-state index contributed by atoms with van der Waals surface area (Å²) in [7, 11) is 3.17. The van der Waals surface area contributed by atoms with Crippen LogP contribution in [0.15, 0.2) is 42.5 Å². The van der Waals surface area contributed by atoms with Gasteiger partial charge < -0.3 is 20.1 Å². The summed E-state index contributed by atoms with van der Waals surface area (Å²) in [5, 5.41) is 6.45. The minimum Gasteiger partial charge on any atom is -0.493 e. The summed E-state index contributed by atoms with van der Waals surface area (Å²) in [5.74, 6) is 1.29. The molecule has 2 amide bonds. The summed E-state index contributed by atoms with van der Waals surface area (Å²) in [5.41, 5.74) is 1.64. The zero-order valence-electron chi connectivity index (χ0n) is 15.6. The Bertz CT molecular complexity index is 762. The number of benzene rings is 2. The number of amides is 2. The summed E-state index contributed by atoms with van der Waals surface area (Å²) in [6, 6.07) is 13.0. The number of hydrogen-bond acceptors (Lipinski definition) is 3. The summed E-state index contributed by atoms with van der Waals surface area (Å²) in [6.07, 6.45) is 0. The average Bonchev–Trinajstić information content (AvgIpc) is 2.64. The lowest BCUT2D eigenvalue weighted by molar-refractivity contribution is 0.238. The molecule has 6 heteroatoms. The SMILES string of the molecule is COc1ccc(CNC(=O)NCC(C)(C)c2ccccc2Cl)cc1OC. The molecule has 0 heterocycles. The molecule has 5 nitrogen and oxygen atoms in total. The van der Waals surface area contributed by atoms with Gasteiger partial charge in [0, 0.05) is 23.5 Å². The highest BCUT2D eigenvalue weighted by Crippen LogP contribution is 2.29. The molecular weight excluding hydrogens is 352 g/mol. The van der Waals surface area contributed by atoms with E-state index in [2.05, 4.69) is 10.6 Å². The van der Waals surface area contributed by atoms with Crippen LogP contribution in [-0.2, 0) is 12.0 Å². The fourth-order valence-electron chi connectivity index (χ4n) is 2.64. The molecule has 2 N–H and O–H groups in total. The number of nitrogens with one attached hydrogen (secondary N) is 2. The molecule has 0 aliphatic heterocycles. The highest BCUT2D eigenvalue weighted by Gasteiger charge is 2.23. The normalized spacial score (nSPS) is 11.0. The van der Waals surface area contributed by atoms with Crippen molar-refractivity contribution in [3.05, 3.63) is 58.6 Å². The van der Waals surface area contributed by atoms with Gasteiger partial charge in [0.15, 0.2) is 11.5 Å². The first-order chi connectivity index (χ1) is 12.4. The van der Waals surface area contributed by atoms with Gasteiger partial charge in [0.25, 0.3) is 0 Å². The molecular formula is C20H25ClN2O3. The molecule has 2 aromatic rings. The van der Waals surface area contributed by atoms with Gasteiger partial charge in [0.1, 0.15) is 0 Å². The van der Waals surface area contributed by atoms with Gasteiger partial charge in [-0.2, -0.15) is 0 Å². The van der Waals surface area contributed by atoms with Gasteiger partial charge in [-0.05, 0) is 29.3 Å². The molecule has 0 spiro atoms. The first-order valence-electron chi connectivity index (χ1n) is 8.35. The van der Waals surface area contributed by atoms with Crippen LogP contribution in [0.4, 0.5) is 4.79 Å². The molecule has 0 fully saturated rings. The molecule has 0 saturated carbocycles. The van der Waals surface area contributed by atoms with Crippen molar-refractivity contribution in [3.63, 3.8) is 0 Å². The lowest BCUT2D eigenvalue weighted by Crippen LogP contribution is -2.42. The van der Waals surface area contributed by atoms with Gasteiger partial charge >= 0.3 is 6.03 Å². The van der Waals surface area contributed by atoms with E-state index in [9.17, 15) is 4.79 Å². The predicted octanol–water partition coefficient (Wildman–Crippen LogP) is 4.13. The second kappa shape index (κ2) is 8.81. The molecule has 0 aliphatic rings. The van der Waals surface area contributed by atoms with E-state index in [1.807, 2.05) is 56.3 Å². The number of carbonyl (C=O) groups excluding carboxylic acids is 1. The second-order valence-electron chi connectivity index (χ2n) is 6.59. The Hall–Kier alpha value is -2.40. The Labute approximate surface area is 159 Å². The molecule has 0 saturated heterocycles. The van der Waals surface area contributed by atoms with Crippen LogP contribution in [0, 0.1) is 0 Å². The van der Waals surface area contributed by atoms with E-state index >= 15 is 0 Å². The van der Waals surface area contributed by atoms with E-state index in [1.165, 1.54) is 0 Å². The van der Waals surface area contributed by atoms with Gasteiger partial charge in [0.2, 0.25) is 0 Å². The van der Waals surface area contributed by atoms with E-state index in [-0.39, 0.29) is 11.4 Å². The number of methoxy groups -OCH3 is 2. The van der Waals surface area contributed by atoms with Crippen LogP contribution in [-0.4, -0.2) is 26.8 Å². The van der Waals surface area contributed by atoms with Gasteiger partial charge in [-0.3, -0.25) is 0 Å². The Morgan fingerprint density at radius 1 is 1.04 bits per heavy atom. The monoisotopic (exact) mass is 376 g/mol. The third-order valence-electron chi connectivity index (χ3n) is 4.19. The molecule has 2 rings (SSSR count). The van der Waals surface area contributed by atoms with Crippen molar-refractivity contribution in [2.45, 2.75) is 25.8 Å². The van der Waals surface area contributed by atoms with Crippen LogP contribution in [0.2, 0.25) is 5.02 Å². The van der Waals surface area contributed by atoms with Crippen molar-refractivity contribution >= 4 is 17.6 Å². The number of ether oxygens (including phenoxy) is 2.